The molecular formula is C16H22N2O2S. The minimum absolute atomic E-state index is 0.0240. The molecule has 0 bridgehead atoms. The summed E-state index contributed by atoms with van der Waals surface area (Å²) in [5, 5.41) is 0. The third kappa shape index (κ3) is 4.17. The molecule has 0 fully saturated rings. The number of ether oxygens (including phenoxy) is 1. The van der Waals surface area contributed by atoms with Crippen molar-refractivity contribution in [3.8, 4) is 5.75 Å². The second-order valence-corrected chi connectivity index (χ2v) is 6.81. The van der Waals surface area contributed by atoms with Crippen LogP contribution in [-0.4, -0.2) is 11.6 Å². The highest BCUT2D eigenvalue weighted by molar-refractivity contribution is 7.98. The summed E-state index contributed by atoms with van der Waals surface area (Å²) in [7, 11) is 0. The Bertz CT molecular complexity index is 603. The highest BCUT2D eigenvalue weighted by Crippen LogP contribution is 2.32. The van der Waals surface area contributed by atoms with Crippen molar-refractivity contribution in [3.63, 3.8) is 0 Å². The van der Waals surface area contributed by atoms with Gasteiger partial charge in [-0.15, -0.1) is 11.8 Å². The first-order valence-corrected chi connectivity index (χ1v) is 7.99. The molecule has 0 aliphatic heterocycles. The molecule has 2 rings (SSSR count). The van der Waals surface area contributed by atoms with Crippen LogP contribution in [0.3, 0.4) is 0 Å². The maximum Gasteiger partial charge on any atom is 0.204 e. The summed E-state index contributed by atoms with van der Waals surface area (Å²) in [6.07, 6.45) is 1.80. The van der Waals surface area contributed by atoms with Crippen molar-refractivity contribution in [1.29, 1.82) is 0 Å². The quantitative estimate of drug-likeness (QED) is 0.661. The lowest BCUT2D eigenvalue weighted by atomic mass is 9.94. The monoisotopic (exact) mass is 306 g/mol. The third-order valence-corrected chi connectivity index (χ3v) is 4.00. The van der Waals surface area contributed by atoms with E-state index in [4.69, 9.17) is 14.9 Å². The predicted octanol–water partition coefficient (Wildman–Crippen LogP) is 4.25. The van der Waals surface area contributed by atoms with Crippen molar-refractivity contribution in [2.45, 2.75) is 43.8 Å². The molecule has 0 spiro atoms. The smallest absolute Gasteiger partial charge is 0.204 e. The molecule has 0 radical (unpaired) electrons. The standard InChI is InChI=1S/C16H22N2O2S/c1-5-19-11-6-7-12(17)13(8-11)21-10-15-18-9-14(20-15)16(2,3)4/h6-9H,5,10,17H2,1-4H3. The van der Waals surface area contributed by atoms with Crippen LogP contribution in [0.2, 0.25) is 0 Å². The van der Waals surface area contributed by atoms with Gasteiger partial charge in [0.05, 0.1) is 18.6 Å². The van der Waals surface area contributed by atoms with Crippen molar-refractivity contribution < 1.29 is 9.15 Å². The summed E-state index contributed by atoms with van der Waals surface area (Å²) >= 11 is 1.60. The number of oxazole rings is 1. The van der Waals surface area contributed by atoms with Gasteiger partial charge < -0.3 is 14.9 Å². The SMILES string of the molecule is CCOc1ccc(N)c(SCc2ncc(C(C)(C)C)o2)c1. The lowest BCUT2D eigenvalue weighted by molar-refractivity contribution is 0.339. The van der Waals surface area contributed by atoms with Gasteiger partial charge in [0, 0.05) is 16.0 Å². The van der Waals surface area contributed by atoms with Crippen molar-refractivity contribution in [2.75, 3.05) is 12.3 Å². The predicted molar refractivity (Wildman–Crippen MR) is 86.8 cm³/mol. The summed E-state index contributed by atoms with van der Waals surface area (Å²) < 4.78 is 11.3. The fourth-order valence-corrected chi connectivity index (χ4v) is 2.61. The number of nitrogens with two attached hydrogens (primary N) is 1. The Morgan fingerprint density at radius 1 is 1.33 bits per heavy atom. The van der Waals surface area contributed by atoms with Crippen molar-refractivity contribution >= 4 is 17.4 Å². The van der Waals surface area contributed by atoms with Crippen LogP contribution in [0, 0.1) is 0 Å². The molecule has 5 heteroatoms. The molecule has 0 saturated heterocycles. The Morgan fingerprint density at radius 2 is 2.10 bits per heavy atom. The lowest BCUT2D eigenvalue weighted by Crippen LogP contribution is -2.09. The van der Waals surface area contributed by atoms with Crippen LogP contribution in [0.5, 0.6) is 5.75 Å². The Hall–Kier alpha value is -1.62. The van der Waals surface area contributed by atoms with Gasteiger partial charge in [0.1, 0.15) is 11.5 Å². The van der Waals surface area contributed by atoms with Gasteiger partial charge >= 0.3 is 0 Å². The van der Waals surface area contributed by atoms with Crippen LogP contribution in [0.15, 0.2) is 33.7 Å². The first kappa shape index (κ1) is 15.8. The summed E-state index contributed by atoms with van der Waals surface area (Å²) in [4.78, 5) is 5.31. The van der Waals surface area contributed by atoms with E-state index >= 15 is 0 Å². The van der Waals surface area contributed by atoms with E-state index in [2.05, 4.69) is 25.8 Å². The molecule has 0 unspecified atom stereocenters. The van der Waals surface area contributed by atoms with Crippen molar-refractivity contribution in [3.05, 3.63) is 36.0 Å². The van der Waals surface area contributed by atoms with E-state index in [1.54, 1.807) is 18.0 Å². The first-order valence-electron chi connectivity index (χ1n) is 7.00. The number of rotatable bonds is 5. The van der Waals surface area contributed by atoms with Gasteiger partial charge in [0.25, 0.3) is 0 Å². The summed E-state index contributed by atoms with van der Waals surface area (Å²) in [6, 6.07) is 5.70. The second-order valence-electron chi connectivity index (χ2n) is 5.79. The molecule has 1 heterocycles. The molecule has 0 atom stereocenters. The number of nitrogen functional groups attached to an aromatic ring is 1. The summed E-state index contributed by atoms with van der Waals surface area (Å²) in [5.74, 6) is 3.09. The fourth-order valence-electron chi connectivity index (χ4n) is 1.76. The molecule has 4 nitrogen and oxygen atoms in total. The van der Waals surface area contributed by atoms with Gasteiger partial charge in [-0.05, 0) is 25.1 Å². The van der Waals surface area contributed by atoms with Gasteiger partial charge in [-0.2, -0.15) is 0 Å². The molecule has 2 N–H and O–H groups in total. The van der Waals surface area contributed by atoms with Crippen LogP contribution in [0.4, 0.5) is 5.69 Å². The Labute approximate surface area is 130 Å². The van der Waals surface area contributed by atoms with Crippen LogP contribution >= 0.6 is 11.8 Å². The van der Waals surface area contributed by atoms with Gasteiger partial charge in [-0.3, -0.25) is 0 Å². The minimum Gasteiger partial charge on any atom is -0.494 e. The largest absolute Gasteiger partial charge is 0.494 e. The van der Waals surface area contributed by atoms with Crippen LogP contribution in [0.1, 0.15) is 39.3 Å². The minimum atomic E-state index is -0.0240. The van der Waals surface area contributed by atoms with Crippen molar-refractivity contribution in [1.82, 2.24) is 4.98 Å². The normalized spacial score (nSPS) is 11.6. The summed E-state index contributed by atoms with van der Waals surface area (Å²) in [5.41, 5.74) is 6.71. The highest BCUT2D eigenvalue weighted by atomic mass is 32.2. The maximum absolute atomic E-state index is 6.00. The summed E-state index contributed by atoms with van der Waals surface area (Å²) in [6.45, 7) is 8.92. The zero-order valence-electron chi connectivity index (χ0n) is 13.0. The zero-order chi connectivity index (χ0) is 15.5. The lowest BCUT2D eigenvalue weighted by Gasteiger charge is -2.13. The third-order valence-electron chi connectivity index (χ3n) is 2.94. The molecule has 0 saturated carbocycles. The Balaban J connectivity index is 2.06. The van der Waals surface area contributed by atoms with E-state index in [0.717, 1.165) is 22.1 Å². The average Bonchev–Trinajstić information content (AvgIpc) is 2.88. The number of aromatic nitrogens is 1. The number of hydrogen-bond donors (Lipinski definition) is 1. The number of anilines is 1. The van der Waals surface area contributed by atoms with Gasteiger partial charge in [0.2, 0.25) is 5.89 Å². The number of nitrogens with zero attached hydrogens (tertiary/aromatic N) is 1. The zero-order valence-corrected chi connectivity index (χ0v) is 13.8. The van der Waals surface area contributed by atoms with Crippen LogP contribution < -0.4 is 10.5 Å². The van der Waals surface area contributed by atoms with E-state index in [0.29, 0.717) is 18.3 Å². The Morgan fingerprint density at radius 3 is 2.71 bits per heavy atom. The maximum atomic E-state index is 6.00. The average molecular weight is 306 g/mol. The topological polar surface area (TPSA) is 61.3 Å². The van der Waals surface area contributed by atoms with Gasteiger partial charge in [0.15, 0.2) is 0 Å². The molecule has 1 aromatic carbocycles. The van der Waals surface area contributed by atoms with Crippen LogP contribution in [-0.2, 0) is 11.2 Å². The fraction of sp³-hybridized carbons (Fsp3) is 0.438. The van der Waals surface area contributed by atoms with Crippen molar-refractivity contribution in [2.24, 2.45) is 0 Å². The molecule has 0 amide bonds. The van der Waals surface area contributed by atoms with E-state index in [9.17, 15) is 0 Å². The van der Waals surface area contributed by atoms with E-state index in [-0.39, 0.29) is 5.41 Å². The molecule has 114 valence electrons. The number of hydrogen-bond acceptors (Lipinski definition) is 5. The first-order chi connectivity index (χ1) is 9.90. The number of benzene rings is 1. The molecule has 0 aliphatic rings. The van der Waals surface area contributed by atoms with Crippen LogP contribution in [0.25, 0.3) is 0 Å². The number of thioether (sulfide) groups is 1. The van der Waals surface area contributed by atoms with E-state index in [1.807, 2.05) is 25.1 Å². The van der Waals surface area contributed by atoms with Gasteiger partial charge in [-0.1, -0.05) is 20.8 Å². The molecule has 21 heavy (non-hydrogen) atoms. The second kappa shape index (κ2) is 6.43. The van der Waals surface area contributed by atoms with E-state index < -0.39 is 0 Å². The molecular weight excluding hydrogens is 284 g/mol. The molecule has 0 aliphatic carbocycles. The van der Waals surface area contributed by atoms with Gasteiger partial charge in [-0.25, -0.2) is 4.98 Å². The molecule has 1 aromatic heterocycles. The Kier molecular flexibility index (Phi) is 4.83. The molecule has 2 aromatic rings. The highest BCUT2D eigenvalue weighted by Gasteiger charge is 2.19. The van der Waals surface area contributed by atoms with E-state index in [1.165, 1.54) is 0 Å².